The Kier molecular flexibility index (Phi) is 2.89. The molecule has 0 bridgehead atoms. The molecule has 6 nitrogen and oxygen atoms in total. The summed E-state index contributed by atoms with van der Waals surface area (Å²) in [4.78, 5) is 4.14. The van der Waals surface area contributed by atoms with Crippen molar-refractivity contribution >= 4 is 16.8 Å². The zero-order valence-corrected chi connectivity index (χ0v) is 11.6. The summed E-state index contributed by atoms with van der Waals surface area (Å²) in [6.07, 6.45) is 9.72. The molecule has 1 saturated heterocycles. The molecule has 4 heterocycles. The fourth-order valence-electron chi connectivity index (χ4n) is 2.91. The molecule has 1 aliphatic heterocycles. The Balaban J connectivity index is 1.70. The van der Waals surface area contributed by atoms with Crippen LogP contribution in [-0.2, 0) is 0 Å². The van der Waals surface area contributed by atoms with Gasteiger partial charge in [0.1, 0.15) is 11.4 Å². The molecule has 0 aromatic carbocycles. The Morgan fingerprint density at radius 2 is 2.14 bits per heavy atom. The molecule has 1 fully saturated rings. The molecular formula is C15H17N5O. The summed E-state index contributed by atoms with van der Waals surface area (Å²) < 4.78 is 7.64. The molecule has 0 aliphatic carbocycles. The molecule has 1 aliphatic rings. The number of nitrogens with two attached hydrogens (primary N) is 1. The summed E-state index contributed by atoms with van der Waals surface area (Å²) in [7, 11) is 0. The summed E-state index contributed by atoms with van der Waals surface area (Å²) in [6.45, 7) is 2.11. The summed E-state index contributed by atoms with van der Waals surface area (Å²) in [6, 6.07) is 2.22. The molecule has 0 unspecified atom stereocenters. The third-order valence-electron chi connectivity index (χ3n) is 4.08. The van der Waals surface area contributed by atoms with Crippen LogP contribution in [0.1, 0.15) is 18.9 Å². The van der Waals surface area contributed by atoms with Gasteiger partial charge < -0.3 is 15.5 Å². The fraction of sp³-hybridized carbons (Fsp3) is 0.333. The first-order valence-corrected chi connectivity index (χ1v) is 7.19. The average molecular weight is 283 g/mol. The van der Waals surface area contributed by atoms with E-state index >= 15 is 0 Å². The van der Waals surface area contributed by atoms with Gasteiger partial charge in [0.2, 0.25) is 0 Å². The van der Waals surface area contributed by atoms with Crippen molar-refractivity contribution < 1.29 is 4.42 Å². The van der Waals surface area contributed by atoms with Gasteiger partial charge in [-0.1, -0.05) is 0 Å². The molecule has 0 amide bonds. The van der Waals surface area contributed by atoms with E-state index in [-0.39, 0.29) is 0 Å². The highest BCUT2D eigenvalue weighted by atomic mass is 16.3. The first-order chi connectivity index (χ1) is 10.3. The van der Waals surface area contributed by atoms with Crippen molar-refractivity contribution in [2.24, 2.45) is 0 Å². The predicted molar refractivity (Wildman–Crippen MR) is 80.8 cm³/mol. The molecule has 0 atom stereocenters. The van der Waals surface area contributed by atoms with Crippen LogP contribution in [-0.4, -0.2) is 27.9 Å². The van der Waals surface area contributed by atoms with Crippen molar-refractivity contribution in [1.29, 1.82) is 0 Å². The third kappa shape index (κ3) is 2.17. The number of nitrogens with zero attached hydrogens (tertiary/aromatic N) is 3. The van der Waals surface area contributed by atoms with Gasteiger partial charge in [-0.25, -0.2) is 4.98 Å². The maximum absolute atomic E-state index is 5.68. The molecule has 6 heteroatoms. The second kappa shape index (κ2) is 4.89. The maximum atomic E-state index is 5.68. The number of hydrogen-bond donors (Lipinski definition) is 2. The van der Waals surface area contributed by atoms with E-state index in [9.17, 15) is 0 Å². The lowest BCUT2D eigenvalue weighted by atomic mass is 10.1. The molecule has 4 rings (SSSR count). The second-order valence-electron chi connectivity index (χ2n) is 5.44. The minimum atomic E-state index is 0.466. The monoisotopic (exact) mass is 283 g/mol. The summed E-state index contributed by atoms with van der Waals surface area (Å²) in [5, 5.41) is 8.86. The first kappa shape index (κ1) is 12.4. The van der Waals surface area contributed by atoms with Gasteiger partial charge in [-0.2, -0.15) is 5.10 Å². The standard InChI is InChI=1S/C15H17N5O/c16-15-5-14-12(7-18-15)13(9-21-14)10-6-19-20(8-10)11-1-3-17-4-2-11/h5-9,11,17H,1-4H2,(H2,16,18). The summed E-state index contributed by atoms with van der Waals surface area (Å²) >= 11 is 0. The van der Waals surface area contributed by atoms with Crippen molar-refractivity contribution in [2.75, 3.05) is 18.8 Å². The van der Waals surface area contributed by atoms with E-state index in [1.54, 1.807) is 18.5 Å². The summed E-state index contributed by atoms with van der Waals surface area (Å²) in [5.41, 5.74) is 8.50. The quantitative estimate of drug-likeness (QED) is 0.753. The maximum Gasteiger partial charge on any atom is 0.139 e. The molecule has 3 N–H and O–H groups in total. The Hall–Kier alpha value is -2.34. The van der Waals surface area contributed by atoms with Gasteiger partial charge in [0.05, 0.1) is 18.5 Å². The molecule has 0 spiro atoms. The van der Waals surface area contributed by atoms with Gasteiger partial charge in [0, 0.05) is 35.0 Å². The number of fused-ring (bicyclic) bond motifs is 1. The van der Waals surface area contributed by atoms with Crippen LogP contribution < -0.4 is 11.1 Å². The van der Waals surface area contributed by atoms with Crippen LogP contribution >= 0.6 is 0 Å². The molecule has 0 radical (unpaired) electrons. The molecule has 3 aromatic heterocycles. The number of rotatable bonds is 2. The minimum absolute atomic E-state index is 0.466. The largest absolute Gasteiger partial charge is 0.463 e. The van der Waals surface area contributed by atoms with Crippen LogP contribution in [0.5, 0.6) is 0 Å². The number of aromatic nitrogens is 3. The summed E-state index contributed by atoms with van der Waals surface area (Å²) in [5.74, 6) is 0.466. The van der Waals surface area contributed by atoms with Gasteiger partial charge in [-0.05, 0) is 25.9 Å². The van der Waals surface area contributed by atoms with Crippen molar-refractivity contribution in [3.8, 4) is 11.1 Å². The number of furan rings is 1. The number of pyridine rings is 1. The van der Waals surface area contributed by atoms with Crippen molar-refractivity contribution in [3.63, 3.8) is 0 Å². The lowest BCUT2D eigenvalue weighted by Crippen LogP contribution is -2.29. The van der Waals surface area contributed by atoms with E-state index in [0.717, 1.165) is 48.0 Å². The molecule has 108 valence electrons. The molecule has 0 saturated carbocycles. The molecular weight excluding hydrogens is 266 g/mol. The lowest BCUT2D eigenvalue weighted by Gasteiger charge is -2.22. The Labute approximate surface area is 122 Å². The van der Waals surface area contributed by atoms with Crippen molar-refractivity contribution in [3.05, 3.63) is 30.9 Å². The molecule has 21 heavy (non-hydrogen) atoms. The predicted octanol–water partition coefficient (Wildman–Crippen LogP) is 2.20. The average Bonchev–Trinajstić information content (AvgIpc) is 3.13. The van der Waals surface area contributed by atoms with Crippen LogP contribution in [0.2, 0.25) is 0 Å². The van der Waals surface area contributed by atoms with E-state index in [1.807, 2.05) is 6.20 Å². The highest BCUT2D eigenvalue weighted by Crippen LogP contribution is 2.31. The smallest absolute Gasteiger partial charge is 0.139 e. The normalized spacial score (nSPS) is 16.6. The lowest BCUT2D eigenvalue weighted by molar-refractivity contribution is 0.343. The SMILES string of the molecule is Nc1cc2occ(-c3cnn(C4CCNCC4)c3)c2cn1. The third-order valence-corrected chi connectivity index (χ3v) is 4.08. The van der Waals surface area contributed by atoms with Crippen LogP contribution in [0.3, 0.4) is 0 Å². The highest BCUT2D eigenvalue weighted by molar-refractivity contribution is 5.93. The number of nitrogens with one attached hydrogen (secondary N) is 1. The zero-order valence-electron chi connectivity index (χ0n) is 11.6. The van der Waals surface area contributed by atoms with Gasteiger partial charge in [-0.3, -0.25) is 4.68 Å². The minimum Gasteiger partial charge on any atom is -0.463 e. The van der Waals surface area contributed by atoms with E-state index in [1.165, 1.54) is 0 Å². The highest BCUT2D eigenvalue weighted by Gasteiger charge is 2.17. The van der Waals surface area contributed by atoms with Crippen molar-refractivity contribution in [2.45, 2.75) is 18.9 Å². The topological polar surface area (TPSA) is 81.9 Å². The number of anilines is 1. The second-order valence-corrected chi connectivity index (χ2v) is 5.44. The fourth-order valence-corrected chi connectivity index (χ4v) is 2.91. The van der Waals surface area contributed by atoms with Gasteiger partial charge in [0.25, 0.3) is 0 Å². The number of hydrogen-bond acceptors (Lipinski definition) is 5. The van der Waals surface area contributed by atoms with Gasteiger partial charge in [-0.15, -0.1) is 0 Å². The zero-order chi connectivity index (χ0) is 14.2. The van der Waals surface area contributed by atoms with E-state index in [2.05, 4.69) is 26.3 Å². The van der Waals surface area contributed by atoms with E-state index < -0.39 is 0 Å². The first-order valence-electron chi connectivity index (χ1n) is 7.19. The van der Waals surface area contributed by atoms with Crippen LogP contribution in [0.25, 0.3) is 22.1 Å². The van der Waals surface area contributed by atoms with Gasteiger partial charge >= 0.3 is 0 Å². The van der Waals surface area contributed by atoms with Crippen LogP contribution in [0, 0.1) is 0 Å². The number of piperidine rings is 1. The van der Waals surface area contributed by atoms with Crippen LogP contribution in [0.4, 0.5) is 5.82 Å². The van der Waals surface area contributed by atoms with E-state index in [4.69, 9.17) is 10.2 Å². The molecule has 3 aromatic rings. The Morgan fingerprint density at radius 1 is 1.29 bits per heavy atom. The van der Waals surface area contributed by atoms with E-state index in [0.29, 0.717) is 11.9 Å². The van der Waals surface area contributed by atoms with Crippen molar-refractivity contribution in [1.82, 2.24) is 20.1 Å². The Morgan fingerprint density at radius 3 is 3.00 bits per heavy atom. The Bertz CT molecular complexity index is 769. The number of nitrogen functional groups attached to an aromatic ring is 1. The van der Waals surface area contributed by atoms with Crippen LogP contribution in [0.15, 0.2) is 35.3 Å². The van der Waals surface area contributed by atoms with Gasteiger partial charge in [0.15, 0.2) is 0 Å².